The molecule has 5 nitrogen and oxygen atoms in total. The van der Waals surface area contributed by atoms with Crippen molar-refractivity contribution in [1.29, 1.82) is 0 Å². The first-order valence-corrected chi connectivity index (χ1v) is 7.04. The Morgan fingerprint density at radius 2 is 2.00 bits per heavy atom. The van der Waals surface area contributed by atoms with E-state index in [1.54, 1.807) is 18.2 Å². The predicted molar refractivity (Wildman–Crippen MR) is 79.7 cm³/mol. The van der Waals surface area contributed by atoms with E-state index in [2.05, 4.69) is 15.9 Å². The second-order valence-corrected chi connectivity index (χ2v) is 6.58. The van der Waals surface area contributed by atoms with Gasteiger partial charge in [-0.1, -0.05) is 32.9 Å². The standard InChI is InChI=1S/C14H20BrNO4/c1-14(2,3)11(8-17)16(13(19)20)7-9-5-4-6-10(15)12(9)18/h4-6,11,17-18H,7-8H2,1-3H3,(H,19,20). The zero-order valence-corrected chi connectivity index (χ0v) is 13.4. The van der Waals surface area contributed by atoms with Gasteiger partial charge in [0.05, 0.1) is 23.7 Å². The molecule has 0 saturated heterocycles. The quantitative estimate of drug-likeness (QED) is 0.783. The van der Waals surface area contributed by atoms with Gasteiger partial charge in [-0.3, -0.25) is 4.90 Å². The summed E-state index contributed by atoms with van der Waals surface area (Å²) in [6, 6.07) is 4.51. The Labute approximate surface area is 127 Å². The number of phenolic OH excluding ortho intramolecular Hbond substituents is 1. The fourth-order valence-electron chi connectivity index (χ4n) is 2.02. The molecule has 20 heavy (non-hydrogen) atoms. The first-order valence-electron chi connectivity index (χ1n) is 6.25. The van der Waals surface area contributed by atoms with Crippen LogP contribution in [0.4, 0.5) is 4.79 Å². The molecule has 0 aromatic heterocycles. The van der Waals surface area contributed by atoms with Crippen molar-refractivity contribution < 1.29 is 20.1 Å². The lowest BCUT2D eigenvalue weighted by Crippen LogP contribution is -2.48. The van der Waals surface area contributed by atoms with Gasteiger partial charge in [0.2, 0.25) is 0 Å². The van der Waals surface area contributed by atoms with Crippen LogP contribution in [0, 0.1) is 5.41 Å². The minimum absolute atomic E-state index is 0.0170. The number of carbonyl (C=O) groups is 1. The highest BCUT2D eigenvalue weighted by Gasteiger charge is 2.33. The first kappa shape index (κ1) is 16.8. The van der Waals surface area contributed by atoms with E-state index in [0.29, 0.717) is 10.0 Å². The number of rotatable bonds is 4. The fourth-order valence-corrected chi connectivity index (χ4v) is 2.43. The number of aliphatic hydroxyl groups excluding tert-OH is 1. The second-order valence-electron chi connectivity index (χ2n) is 5.72. The van der Waals surface area contributed by atoms with Gasteiger partial charge in [-0.2, -0.15) is 0 Å². The highest BCUT2D eigenvalue weighted by atomic mass is 79.9. The monoisotopic (exact) mass is 345 g/mol. The van der Waals surface area contributed by atoms with E-state index in [-0.39, 0.29) is 18.9 Å². The molecule has 112 valence electrons. The summed E-state index contributed by atoms with van der Waals surface area (Å²) in [6.07, 6.45) is -1.13. The molecule has 0 heterocycles. The highest BCUT2D eigenvalue weighted by Crippen LogP contribution is 2.31. The van der Waals surface area contributed by atoms with Crippen molar-refractivity contribution in [2.75, 3.05) is 6.61 Å². The first-order chi connectivity index (χ1) is 9.18. The molecule has 1 rings (SSSR count). The van der Waals surface area contributed by atoms with Crippen LogP contribution in [0.3, 0.4) is 0 Å². The summed E-state index contributed by atoms with van der Waals surface area (Å²) in [7, 11) is 0. The topological polar surface area (TPSA) is 81.0 Å². The maximum absolute atomic E-state index is 11.5. The Morgan fingerprint density at radius 1 is 1.40 bits per heavy atom. The Kier molecular flexibility index (Phi) is 5.42. The van der Waals surface area contributed by atoms with Crippen molar-refractivity contribution >= 4 is 22.0 Å². The lowest BCUT2D eigenvalue weighted by molar-refractivity contribution is 0.0425. The number of hydrogen-bond acceptors (Lipinski definition) is 3. The van der Waals surface area contributed by atoms with Crippen molar-refractivity contribution in [3.63, 3.8) is 0 Å². The van der Waals surface area contributed by atoms with E-state index in [9.17, 15) is 20.1 Å². The molecule has 0 aliphatic rings. The Hall–Kier alpha value is -1.27. The smallest absolute Gasteiger partial charge is 0.407 e. The number of carboxylic acid groups (broad SMARTS) is 1. The van der Waals surface area contributed by atoms with Crippen molar-refractivity contribution in [1.82, 2.24) is 4.90 Å². The molecule has 3 N–H and O–H groups in total. The third-order valence-corrected chi connectivity index (χ3v) is 3.85. The minimum Gasteiger partial charge on any atom is -0.506 e. The Morgan fingerprint density at radius 3 is 2.45 bits per heavy atom. The highest BCUT2D eigenvalue weighted by molar-refractivity contribution is 9.10. The zero-order chi connectivity index (χ0) is 15.5. The molecule has 1 atom stereocenters. The number of aliphatic hydroxyl groups is 1. The summed E-state index contributed by atoms with van der Waals surface area (Å²) in [5.74, 6) is 0.0179. The van der Waals surface area contributed by atoms with Gasteiger partial charge >= 0.3 is 6.09 Å². The van der Waals surface area contributed by atoms with Crippen molar-refractivity contribution in [2.24, 2.45) is 5.41 Å². The molecule has 0 saturated carbocycles. The van der Waals surface area contributed by atoms with Crippen molar-refractivity contribution in [3.8, 4) is 5.75 Å². The maximum atomic E-state index is 11.5. The normalized spacial score (nSPS) is 13.1. The molecule has 0 bridgehead atoms. The molecule has 1 aromatic carbocycles. The van der Waals surface area contributed by atoms with E-state index in [1.165, 1.54) is 0 Å². The lowest BCUT2D eigenvalue weighted by atomic mass is 9.86. The summed E-state index contributed by atoms with van der Waals surface area (Å²) in [6.45, 7) is 5.34. The zero-order valence-electron chi connectivity index (χ0n) is 11.8. The average molecular weight is 346 g/mol. The van der Waals surface area contributed by atoms with E-state index < -0.39 is 17.6 Å². The number of aromatic hydroxyl groups is 1. The summed E-state index contributed by atoms with van der Waals surface area (Å²) in [5, 5.41) is 28.8. The predicted octanol–water partition coefficient (Wildman–Crippen LogP) is 3.04. The SMILES string of the molecule is CC(C)(C)C(CO)N(Cc1cccc(Br)c1O)C(=O)O. The molecular weight excluding hydrogens is 326 g/mol. The molecule has 6 heteroatoms. The van der Waals surface area contributed by atoms with Crippen molar-refractivity contribution in [3.05, 3.63) is 28.2 Å². The molecule has 1 amide bonds. The van der Waals surface area contributed by atoms with Crippen LogP contribution in [0.1, 0.15) is 26.3 Å². The number of amides is 1. The van der Waals surface area contributed by atoms with Gasteiger partial charge in [0.15, 0.2) is 0 Å². The van der Waals surface area contributed by atoms with Crippen LogP contribution in [0.5, 0.6) is 5.75 Å². The number of para-hydroxylation sites is 1. The Balaban J connectivity index is 3.10. The largest absolute Gasteiger partial charge is 0.506 e. The van der Waals surface area contributed by atoms with Gasteiger partial charge in [-0.05, 0) is 27.4 Å². The maximum Gasteiger partial charge on any atom is 0.407 e. The minimum atomic E-state index is -1.13. The molecule has 0 aliphatic carbocycles. The van der Waals surface area contributed by atoms with Crippen LogP contribution in [-0.4, -0.2) is 39.0 Å². The van der Waals surface area contributed by atoms with Gasteiger partial charge in [0.25, 0.3) is 0 Å². The third-order valence-electron chi connectivity index (χ3n) is 3.21. The molecule has 0 aliphatic heterocycles. The number of phenols is 1. The van der Waals surface area contributed by atoms with Gasteiger partial charge in [-0.25, -0.2) is 4.79 Å². The third kappa shape index (κ3) is 3.86. The van der Waals surface area contributed by atoms with Crippen LogP contribution in [0.25, 0.3) is 0 Å². The van der Waals surface area contributed by atoms with Crippen LogP contribution in [0.2, 0.25) is 0 Å². The van der Waals surface area contributed by atoms with Gasteiger partial charge in [0, 0.05) is 5.56 Å². The number of halogens is 1. The fraction of sp³-hybridized carbons (Fsp3) is 0.500. The van der Waals surface area contributed by atoms with E-state index in [0.717, 1.165) is 4.90 Å². The van der Waals surface area contributed by atoms with Crippen LogP contribution < -0.4 is 0 Å². The van der Waals surface area contributed by atoms with Crippen LogP contribution in [-0.2, 0) is 6.54 Å². The van der Waals surface area contributed by atoms with Gasteiger partial charge < -0.3 is 15.3 Å². The second kappa shape index (κ2) is 6.45. The molecule has 0 spiro atoms. The summed E-state index contributed by atoms with van der Waals surface area (Å²) in [4.78, 5) is 12.6. The van der Waals surface area contributed by atoms with Gasteiger partial charge in [0.1, 0.15) is 5.75 Å². The summed E-state index contributed by atoms with van der Waals surface area (Å²) in [5.41, 5.74) is 0.0823. The molecule has 0 radical (unpaired) electrons. The van der Waals surface area contributed by atoms with Crippen LogP contribution in [0.15, 0.2) is 22.7 Å². The van der Waals surface area contributed by atoms with E-state index in [1.807, 2.05) is 20.8 Å². The van der Waals surface area contributed by atoms with E-state index >= 15 is 0 Å². The van der Waals surface area contributed by atoms with E-state index in [4.69, 9.17) is 0 Å². The van der Waals surface area contributed by atoms with Crippen LogP contribution >= 0.6 is 15.9 Å². The number of nitrogens with zero attached hydrogens (tertiary/aromatic N) is 1. The number of hydrogen-bond donors (Lipinski definition) is 3. The van der Waals surface area contributed by atoms with Gasteiger partial charge in [-0.15, -0.1) is 0 Å². The average Bonchev–Trinajstić information content (AvgIpc) is 2.32. The summed E-state index contributed by atoms with van der Waals surface area (Å²) >= 11 is 3.20. The molecule has 1 unspecified atom stereocenters. The number of benzene rings is 1. The summed E-state index contributed by atoms with van der Waals surface area (Å²) < 4.78 is 0.511. The molecule has 1 aromatic rings. The van der Waals surface area contributed by atoms with Crippen molar-refractivity contribution in [2.45, 2.75) is 33.4 Å². The lowest BCUT2D eigenvalue weighted by Gasteiger charge is -2.37. The molecular formula is C14H20BrNO4. The molecule has 0 fully saturated rings. The Bertz CT molecular complexity index is 485.